The van der Waals surface area contributed by atoms with Gasteiger partial charge < -0.3 is 4.90 Å². The summed E-state index contributed by atoms with van der Waals surface area (Å²) in [4.78, 5) is 32.7. The minimum Gasteiger partial charge on any atom is -0.305 e. The van der Waals surface area contributed by atoms with Crippen LogP contribution in [0, 0.1) is 24.2 Å². The van der Waals surface area contributed by atoms with E-state index in [-0.39, 0.29) is 23.3 Å². The van der Waals surface area contributed by atoms with E-state index in [4.69, 9.17) is 4.99 Å². The lowest BCUT2D eigenvalue weighted by molar-refractivity contribution is -0.135. The first-order valence-electron chi connectivity index (χ1n) is 12.6. The highest BCUT2D eigenvalue weighted by molar-refractivity contribution is 6.46. The number of amides is 1. The van der Waals surface area contributed by atoms with Crippen LogP contribution in [0.1, 0.15) is 93.4 Å². The number of rotatable bonds is 5. The number of aldehydes is 1. The van der Waals surface area contributed by atoms with Gasteiger partial charge in [-0.25, -0.2) is 0 Å². The van der Waals surface area contributed by atoms with Crippen LogP contribution in [-0.2, 0) is 4.79 Å². The molecular weight excluding hydrogens is 420 g/mol. The molecule has 1 fully saturated rings. The molecule has 1 spiro atoms. The number of hydrogen-bond donors (Lipinski definition) is 0. The van der Waals surface area contributed by atoms with Crippen LogP contribution in [0.3, 0.4) is 0 Å². The first-order valence-corrected chi connectivity index (χ1v) is 12.6. The smallest absolute Gasteiger partial charge is 0.275 e. The van der Waals surface area contributed by atoms with E-state index >= 15 is 0 Å². The van der Waals surface area contributed by atoms with E-state index in [9.17, 15) is 9.59 Å². The highest BCUT2D eigenvalue weighted by Crippen LogP contribution is 2.50. The number of benzene rings is 2. The molecule has 4 heteroatoms. The van der Waals surface area contributed by atoms with Gasteiger partial charge in [0.2, 0.25) is 0 Å². The van der Waals surface area contributed by atoms with Crippen LogP contribution in [-0.4, -0.2) is 28.5 Å². The Balaban J connectivity index is 1.78. The summed E-state index contributed by atoms with van der Waals surface area (Å²) < 4.78 is 0. The molecule has 0 saturated heterocycles. The number of carbonyl (C=O) groups is 2. The van der Waals surface area contributed by atoms with E-state index in [1.54, 1.807) is 0 Å². The Bertz CT molecular complexity index is 1070. The van der Waals surface area contributed by atoms with E-state index in [1.165, 1.54) is 5.56 Å². The zero-order valence-corrected chi connectivity index (χ0v) is 21.5. The normalized spacial score (nSPS) is 24.0. The molecule has 1 unspecified atom stereocenters. The SMILES string of the molecule is Cc1ccc(C2=NC3(CCC(C(C)(C)C)CC3)N(C(c3ccc(C=O)cc3)C(C)C)C2=O)cc1. The minimum absolute atomic E-state index is 0.0243. The molecule has 1 aliphatic carbocycles. The topological polar surface area (TPSA) is 49.7 Å². The maximum atomic E-state index is 14.1. The van der Waals surface area contributed by atoms with Gasteiger partial charge >= 0.3 is 0 Å². The van der Waals surface area contributed by atoms with Crippen LogP contribution in [0.15, 0.2) is 53.5 Å². The molecule has 2 aliphatic rings. The summed E-state index contributed by atoms with van der Waals surface area (Å²) in [6, 6.07) is 15.7. The van der Waals surface area contributed by atoms with Crippen LogP contribution in [0.25, 0.3) is 0 Å². The molecule has 0 aromatic heterocycles. The van der Waals surface area contributed by atoms with E-state index in [2.05, 4.69) is 58.6 Å². The molecule has 4 nitrogen and oxygen atoms in total. The molecule has 34 heavy (non-hydrogen) atoms. The van der Waals surface area contributed by atoms with Crippen molar-refractivity contribution in [3.8, 4) is 0 Å². The van der Waals surface area contributed by atoms with Crippen molar-refractivity contribution in [2.45, 2.75) is 78.9 Å². The fourth-order valence-corrected chi connectivity index (χ4v) is 5.80. The van der Waals surface area contributed by atoms with Gasteiger partial charge in [0, 0.05) is 11.1 Å². The van der Waals surface area contributed by atoms with Crippen LogP contribution in [0.2, 0.25) is 0 Å². The number of nitrogens with zero attached hydrogens (tertiary/aromatic N) is 2. The van der Waals surface area contributed by atoms with E-state index < -0.39 is 5.66 Å². The highest BCUT2D eigenvalue weighted by Gasteiger charge is 2.53. The Morgan fingerprint density at radius 1 is 1.00 bits per heavy atom. The lowest BCUT2D eigenvalue weighted by Crippen LogP contribution is -2.52. The Hall–Kier alpha value is -2.75. The summed E-state index contributed by atoms with van der Waals surface area (Å²) in [6.07, 6.45) is 4.75. The average Bonchev–Trinajstić information content (AvgIpc) is 3.06. The molecule has 1 heterocycles. The van der Waals surface area contributed by atoms with Gasteiger partial charge in [0.15, 0.2) is 0 Å². The van der Waals surface area contributed by atoms with E-state index in [1.807, 2.05) is 36.4 Å². The van der Waals surface area contributed by atoms with Gasteiger partial charge in [-0.05, 0) is 55.4 Å². The molecule has 1 amide bonds. The predicted molar refractivity (Wildman–Crippen MR) is 138 cm³/mol. The average molecular weight is 459 g/mol. The second-order valence-corrected chi connectivity index (χ2v) is 11.6. The molecule has 180 valence electrons. The first kappa shape index (κ1) is 24.4. The van der Waals surface area contributed by atoms with Crippen molar-refractivity contribution in [1.82, 2.24) is 4.90 Å². The van der Waals surface area contributed by atoms with Gasteiger partial charge in [-0.3, -0.25) is 14.6 Å². The Kier molecular flexibility index (Phi) is 6.54. The largest absolute Gasteiger partial charge is 0.305 e. The standard InChI is InChI=1S/C30H38N2O2/c1-20(2)27(24-13-9-22(19-33)10-14-24)32-28(34)26(23-11-7-21(3)8-12-23)31-30(32)17-15-25(16-18-30)29(4,5)6/h7-14,19-20,25,27H,15-18H2,1-6H3. The van der Waals surface area contributed by atoms with Gasteiger partial charge in [-0.2, -0.15) is 0 Å². The van der Waals surface area contributed by atoms with Crippen molar-refractivity contribution < 1.29 is 9.59 Å². The highest BCUT2D eigenvalue weighted by atomic mass is 16.2. The third-order valence-corrected chi connectivity index (χ3v) is 7.85. The maximum Gasteiger partial charge on any atom is 0.275 e. The molecule has 4 rings (SSSR count). The van der Waals surface area contributed by atoms with Crippen molar-refractivity contribution in [2.75, 3.05) is 0 Å². The second kappa shape index (κ2) is 9.13. The monoisotopic (exact) mass is 458 g/mol. The quantitative estimate of drug-likeness (QED) is 0.464. The Labute approximate surface area is 204 Å². The van der Waals surface area contributed by atoms with Gasteiger partial charge in [-0.15, -0.1) is 0 Å². The van der Waals surface area contributed by atoms with E-state index in [0.717, 1.165) is 43.1 Å². The fourth-order valence-electron chi connectivity index (χ4n) is 5.80. The predicted octanol–water partition coefficient (Wildman–Crippen LogP) is 6.77. The lowest BCUT2D eigenvalue weighted by Gasteiger charge is -2.48. The molecule has 1 aliphatic heterocycles. The maximum absolute atomic E-state index is 14.1. The fraction of sp³-hybridized carbons (Fsp3) is 0.500. The molecule has 2 aromatic rings. The zero-order chi connectivity index (χ0) is 24.7. The van der Waals surface area contributed by atoms with Crippen LogP contribution in [0.4, 0.5) is 0 Å². The second-order valence-electron chi connectivity index (χ2n) is 11.6. The Morgan fingerprint density at radius 2 is 1.59 bits per heavy atom. The minimum atomic E-state index is -0.517. The van der Waals surface area contributed by atoms with Gasteiger partial charge in [-0.1, -0.05) is 88.7 Å². The van der Waals surface area contributed by atoms with Crippen LogP contribution >= 0.6 is 0 Å². The molecule has 0 radical (unpaired) electrons. The summed E-state index contributed by atoms with van der Waals surface area (Å²) >= 11 is 0. The van der Waals surface area contributed by atoms with Crippen molar-refractivity contribution in [1.29, 1.82) is 0 Å². The first-order chi connectivity index (χ1) is 16.1. The van der Waals surface area contributed by atoms with Crippen molar-refractivity contribution in [3.05, 3.63) is 70.8 Å². The number of carbonyl (C=O) groups excluding carboxylic acids is 2. The summed E-state index contributed by atoms with van der Waals surface area (Å²) in [5, 5.41) is 0. The number of hydrogen-bond acceptors (Lipinski definition) is 3. The summed E-state index contributed by atoms with van der Waals surface area (Å²) in [7, 11) is 0. The van der Waals surface area contributed by atoms with Gasteiger partial charge in [0.1, 0.15) is 17.7 Å². The molecule has 1 saturated carbocycles. The molecular formula is C30H38N2O2. The van der Waals surface area contributed by atoms with Crippen molar-refractivity contribution >= 4 is 17.9 Å². The van der Waals surface area contributed by atoms with Crippen molar-refractivity contribution in [3.63, 3.8) is 0 Å². The van der Waals surface area contributed by atoms with Gasteiger partial charge in [0.05, 0.1) is 6.04 Å². The number of aliphatic imine (C=N–C) groups is 1. The Morgan fingerprint density at radius 3 is 2.09 bits per heavy atom. The molecule has 0 N–H and O–H groups in total. The molecule has 1 atom stereocenters. The lowest BCUT2D eigenvalue weighted by atomic mass is 9.69. The summed E-state index contributed by atoms with van der Waals surface area (Å²) in [6.45, 7) is 13.4. The van der Waals surface area contributed by atoms with Crippen molar-refractivity contribution in [2.24, 2.45) is 22.2 Å². The zero-order valence-electron chi connectivity index (χ0n) is 21.5. The van der Waals surface area contributed by atoms with Crippen LogP contribution < -0.4 is 0 Å². The third-order valence-electron chi connectivity index (χ3n) is 7.85. The summed E-state index contributed by atoms with van der Waals surface area (Å²) in [5.41, 5.74) is 4.10. The molecule has 2 aromatic carbocycles. The van der Waals surface area contributed by atoms with Gasteiger partial charge in [0.25, 0.3) is 5.91 Å². The van der Waals surface area contributed by atoms with Crippen LogP contribution in [0.5, 0.6) is 0 Å². The summed E-state index contributed by atoms with van der Waals surface area (Å²) in [5.74, 6) is 0.852. The molecule has 0 bridgehead atoms. The van der Waals surface area contributed by atoms with E-state index in [0.29, 0.717) is 17.2 Å². The third kappa shape index (κ3) is 4.47. The number of aryl methyl sites for hydroxylation is 1.